The first-order valence-electron chi connectivity index (χ1n) is 11.7. The second-order valence-corrected chi connectivity index (χ2v) is 8.93. The molecule has 3 aromatic carbocycles. The van der Waals surface area contributed by atoms with E-state index in [0.29, 0.717) is 50.1 Å². The summed E-state index contributed by atoms with van der Waals surface area (Å²) in [6.07, 6.45) is 2.46. The Labute approximate surface area is 204 Å². The summed E-state index contributed by atoms with van der Waals surface area (Å²) in [6.45, 7) is 0.600. The van der Waals surface area contributed by atoms with Gasteiger partial charge in [-0.05, 0) is 59.7 Å². The van der Waals surface area contributed by atoms with Crippen LogP contribution >= 0.6 is 0 Å². The highest BCUT2D eigenvalue weighted by molar-refractivity contribution is 6.02. The topological polar surface area (TPSA) is 137 Å². The number of carbonyl (C=O) groups is 3. The molecule has 0 aromatic heterocycles. The maximum Gasteiger partial charge on any atom is 0.255 e. The lowest BCUT2D eigenvalue weighted by Crippen LogP contribution is -2.55. The Morgan fingerprint density at radius 3 is 2.17 bits per heavy atom. The van der Waals surface area contributed by atoms with Crippen molar-refractivity contribution in [2.75, 3.05) is 19.7 Å². The number of carbonyl (C=O) groups excluding carboxylic acids is 3. The van der Waals surface area contributed by atoms with Gasteiger partial charge in [-0.3, -0.25) is 14.4 Å². The standard InChI is InChI=1S/C27H30N4O4/c28-24(32)17-31-25(33)22-13-18-7-1-2-8-19(18)14-23(22)35-12-6-5-11-30-26(34)27(29)15-20-9-3-4-10-21(20)16-27/h1-4,7-10,13-14H,5-6,11-12,15-17,29H2,(H2,28,32)(H,30,34)(H,31,33). The fourth-order valence-electron chi connectivity index (χ4n) is 4.37. The van der Waals surface area contributed by atoms with Gasteiger partial charge in [0.1, 0.15) is 11.3 Å². The fourth-order valence-corrected chi connectivity index (χ4v) is 4.37. The van der Waals surface area contributed by atoms with E-state index in [1.807, 2.05) is 54.6 Å². The van der Waals surface area contributed by atoms with Gasteiger partial charge in [-0.2, -0.15) is 0 Å². The minimum atomic E-state index is -0.904. The zero-order chi connectivity index (χ0) is 24.8. The van der Waals surface area contributed by atoms with E-state index in [4.69, 9.17) is 16.2 Å². The van der Waals surface area contributed by atoms with Crippen LogP contribution in [0.2, 0.25) is 0 Å². The van der Waals surface area contributed by atoms with Gasteiger partial charge in [0.2, 0.25) is 11.8 Å². The molecule has 0 fully saturated rings. The predicted octanol–water partition coefficient (Wildman–Crippen LogP) is 1.83. The number of ether oxygens (including phenoxy) is 1. The van der Waals surface area contributed by atoms with E-state index in [0.717, 1.165) is 21.9 Å². The summed E-state index contributed by atoms with van der Waals surface area (Å²) in [5, 5.41) is 7.29. The lowest BCUT2D eigenvalue weighted by molar-refractivity contribution is -0.126. The van der Waals surface area contributed by atoms with Crippen molar-refractivity contribution >= 4 is 28.5 Å². The summed E-state index contributed by atoms with van der Waals surface area (Å²) >= 11 is 0. The van der Waals surface area contributed by atoms with E-state index < -0.39 is 17.4 Å². The largest absolute Gasteiger partial charge is 0.493 e. The number of primary amides is 1. The van der Waals surface area contributed by atoms with E-state index >= 15 is 0 Å². The van der Waals surface area contributed by atoms with Crippen molar-refractivity contribution in [2.24, 2.45) is 11.5 Å². The number of hydrogen-bond acceptors (Lipinski definition) is 5. The van der Waals surface area contributed by atoms with Crippen molar-refractivity contribution in [3.63, 3.8) is 0 Å². The molecule has 8 heteroatoms. The first-order chi connectivity index (χ1) is 16.9. The van der Waals surface area contributed by atoms with Gasteiger partial charge in [-0.15, -0.1) is 0 Å². The summed E-state index contributed by atoms with van der Waals surface area (Å²) in [5.74, 6) is -0.760. The van der Waals surface area contributed by atoms with Crippen LogP contribution < -0.4 is 26.8 Å². The normalized spacial score (nSPS) is 13.7. The molecule has 0 heterocycles. The van der Waals surface area contributed by atoms with Gasteiger partial charge in [0.15, 0.2) is 0 Å². The quantitative estimate of drug-likeness (QED) is 0.332. The Kier molecular flexibility index (Phi) is 7.31. The number of nitrogens with one attached hydrogen (secondary N) is 2. The van der Waals surface area contributed by atoms with E-state index in [2.05, 4.69) is 10.6 Å². The van der Waals surface area contributed by atoms with Crippen LogP contribution in [-0.4, -0.2) is 43.0 Å². The Balaban J connectivity index is 1.29. The smallest absolute Gasteiger partial charge is 0.255 e. The molecule has 0 saturated heterocycles. The lowest BCUT2D eigenvalue weighted by atomic mass is 9.96. The molecule has 0 atom stereocenters. The van der Waals surface area contributed by atoms with Crippen LogP contribution in [-0.2, 0) is 22.4 Å². The van der Waals surface area contributed by atoms with Crippen molar-refractivity contribution < 1.29 is 19.1 Å². The van der Waals surface area contributed by atoms with Crippen LogP contribution in [0.1, 0.15) is 34.3 Å². The van der Waals surface area contributed by atoms with Crippen molar-refractivity contribution in [3.05, 3.63) is 77.4 Å². The van der Waals surface area contributed by atoms with Gasteiger partial charge >= 0.3 is 0 Å². The van der Waals surface area contributed by atoms with Crippen LogP contribution in [0, 0.1) is 0 Å². The number of rotatable bonds is 10. The van der Waals surface area contributed by atoms with E-state index in [-0.39, 0.29) is 12.5 Å². The molecule has 0 saturated carbocycles. The number of benzene rings is 3. The molecule has 1 aliphatic carbocycles. The van der Waals surface area contributed by atoms with Crippen molar-refractivity contribution in [1.82, 2.24) is 10.6 Å². The summed E-state index contributed by atoms with van der Waals surface area (Å²) in [7, 11) is 0. The fraction of sp³-hybridized carbons (Fsp3) is 0.296. The Hall–Kier alpha value is -3.91. The van der Waals surface area contributed by atoms with Gasteiger partial charge in [0.05, 0.1) is 18.7 Å². The van der Waals surface area contributed by atoms with E-state index in [9.17, 15) is 14.4 Å². The van der Waals surface area contributed by atoms with Gasteiger partial charge in [0.25, 0.3) is 5.91 Å². The minimum absolute atomic E-state index is 0.141. The second kappa shape index (κ2) is 10.6. The first kappa shape index (κ1) is 24.2. The average Bonchev–Trinajstić information content (AvgIpc) is 3.21. The van der Waals surface area contributed by atoms with Crippen LogP contribution in [0.5, 0.6) is 5.75 Å². The second-order valence-electron chi connectivity index (χ2n) is 8.93. The predicted molar refractivity (Wildman–Crippen MR) is 134 cm³/mol. The molecular formula is C27H30N4O4. The number of fused-ring (bicyclic) bond motifs is 2. The first-order valence-corrected chi connectivity index (χ1v) is 11.7. The molecule has 0 radical (unpaired) electrons. The lowest BCUT2D eigenvalue weighted by Gasteiger charge is -2.22. The molecule has 0 unspecified atom stereocenters. The van der Waals surface area contributed by atoms with Gasteiger partial charge in [0, 0.05) is 6.54 Å². The molecule has 35 heavy (non-hydrogen) atoms. The summed E-state index contributed by atoms with van der Waals surface area (Å²) < 4.78 is 5.93. The maximum absolute atomic E-state index is 12.7. The van der Waals surface area contributed by atoms with Gasteiger partial charge < -0.3 is 26.8 Å². The maximum atomic E-state index is 12.7. The Morgan fingerprint density at radius 1 is 0.886 bits per heavy atom. The highest BCUT2D eigenvalue weighted by Crippen LogP contribution is 2.29. The SMILES string of the molecule is NC(=O)CNC(=O)c1cc2ccccc2cc1OCCCCNC(=O)C1(N)Cc2ccccc2C1. The number of nitrogens with two attached hydrogens (primary N) is 2. The molecule has 1 aliphatic rings. The van der Waals surface area contributed by atoms with Gasteiger partial charge in [-0.1, -0.05) is 48.5 Å². The highest BCUT2D eigenvalue weighted by Gasteiger charge is 2.39. The summed E-state index contributed by atoms with van der Waals surface area (Å²) in [5.41, 5.74) is 13.2. The van der Waals surface area contributed by atoms with Crippen LogP contribution in [0.15, 0.2) is 60.7 Å². The summed E-state index contributed by atoms with van der Waals surface area (Å²) in [4.78, 5) is 36.4. The molecular weight excluding hydrogens is 444 g/mol. The number of hydrogen-bond donors (Lipinski definition) is 4. The van der Waals surface area contributed by atoms with Gasteiger partial charge in [-0.25, -0.2) is 0 Å². The van der Waals surface area contributed by atoms with Crippen LogP contribution in [0.4, 0.5) is 0 Å². The number of amides is 3. The third kappa shape index (κ3) is 5.78. The third-order valence-electron chi connectivity index (χ3n) is 6.21. The molecule has 4 rings (SSSR count). The number of unbranched alkanes of at least 4 members (excludes halogenated alkanes) is 1. The summed E-state index contributed by atoms with van der Waals surface area (Å²) in [6, 6.07) is 19.1. The Bertz CT molecular complexity index is 1230. The third-order valence-corrected chi connectivity index (χ3v) is 6.21. The van der Waals surface area contributed by atoms with Crippen molar-refractivity contribution in [3.8, 4) is 5.75 Å². The minimum Gasteiger partial charge on any atom is -0.493 e. The zero-order valence-corrected chi connectivity index (χ0v) is 19.5. The molecule has 6 N–H and O–H groups in total. The molecule has 0 spiro atoms. The molecule has 0 aliphatic heterocycles. The van der Waals surface area contributed by atoms with Crippen molar-refractivity contribution in [1.29, 1.82) is 0 Å². The highest BCUT2D eigenvalue weighted by atomic mass is 16.5. The molecule has 182 valence electrons. The molecule has 0 bridgehead atoms. The molecule has 3 amide bonds. The molecule has 8 nitrogen and oxygen atoms in total. The van der Waals surface area contributed by atoms with E-state index in [1.165, 1.54) is 0 Å². The van der Waals surface area contributed by atoms with Crippen LogP contribution in [0.25, 0.3) is 10.8 Å². The molecule has 3 aromatic rings. The van der Waals surface area contributed by atoms with Crippen molar-refractivity contribution in [2.45, 2.75) is 31.2 Å². The van der Waals surface area contributed by atoms with Crippen LogP contribution in [0.3, 0.4) is 0 Å². The van der Waals surface area contributed by atoms with E-state index in [1.54, 1.807) is 6.07 Å². The average molecular weight is 475 g/mol. The Morgan fingerprint density at radius 2 is 1.51 bits per heavy atom. The zero-order valence-electron chi connectivity index (χ0n) is 19.5. The monoisotopic (exact) mass is 474 g/mol.